The Bertz CT molecular complexity index is 518. The van der Waals surface area contributed by atoms with Crippen LogP contribution in [0.4, 0.5) is 0 Å². The third-order valence-electron chi connectivity index (χ3n) is 3.25. The molecule has 0 N–H and O–H groups in total. The van der Waals surface area contributed by atoms with Crippen LogP contribution in [-0.2, 0) is 14.8 Å². The van der Waals surface area contributed by atoms with Gasteiger partial charge in [-0.25, -0.2) is 8.42 Å². The zero-order valence-electron chi connectivity index (χ0n) is 12.8. The van der Waals surface area contributed by atoms with E-state index in [-0.39, 0.29) is 0 Å². The Labute approximate surface area is 122 Å². The van der Waals surface area contributed by atoms with Crippen LogP contribution in [0, 0.1) is 13.8 Å². The molecule has 1 rings (SSSR count). The van der Waals surface area contributed by atoms with Crippen LogP contribution in [0.25, 0.3) is 0 Å². The van der Waals surface area contributed by atoms with E-state index in [0.29, 0.717) is 24.6 Å². The van der Waals surface area contributed by atoms with Gasteiger partial charge in [0.2, 0.25) is 10.0 Å². The van der Waals surface area contributed by atoms with Gasteiger partial charge in [0.15, 0.2) is 0 Å². The first-order chi connectivity index (χ1) is 9.43. The standard InChI is InChI=1S/C15H25NO3S/c1-5-6-9-16(10-11-19-4)20(17,18)15-8-7-13(2)12-14(15)3/h7-8,12H,5-6,9-11H2,1-4H3. The molecule has 114 valence electrons. The summed E-state index contributed by atoms with van der Waals surface area (Å²) in [5.74, 6) is 0. The van der Waals surface area contributed by atoms with Gasteiger partial charge < -0.3 is 4.74 Å². The number of aryl methyl sites for hydroxylation is 2. The molecule has 1 aromatic carbocycles. The monoisotopic (exact) mass is 299 g/mol. The Morgan fingerprint density at radius 2 is 1.90 bits per heavy atom. The summed E-state index contributed by atoms with van der Waals surface area (Å²) in [6.07, 6.45) is 1.82. The molecule has 0 heterocycles. The molecule has 0 radical (unpaired) electrons. The average Bonchev–Trinajstić information content (AvgIpc) is 2.38. The molecular formula is C15H25NO3S. The molecule has 20 heavy (non-hydrogen) atoms. The van der Waals surface area contributed by atoms with E-state index < -0.39 is 10.0 Å². The van der Waals surface area contributed by atoms with Gasteiger partial charge in [-0.2, -0.15) is 4.31 Å². The molecule has 0 fully saturated rings. The number of sulfonamides is 1. The van der Waals surface area contributed by atoms with Crippen molar-refractivity contribution in [3.8, 4) is 0 Å². The first-order valence-corrected chi connectivity index (χ1v) is 8.43. The predicted molar refractivity (Wildman–Crippen MR) is 81.5 cm³/mol. The zero-order valence-corrected chi connectivity index (χ0v) is 13.7. The molecule has 1 aromatic rings. The summed E-state index contributed by atoms with van der Waals surface area (Å²) in [7, 11) is -1.85. The van der Waals surface area contributed by atoms with E-state index in [1.807, 2.05) is 26.0 Å². The van der Waals surface area contributed by atoms with Crippen LogP contribution in [0.2, 0.25) is 0 Å². The van der Waals surface area contributed by atoms with Gasteiger partial charge in [-0.15, -0.1) is 0 Å². The lowest BCUT2D eigenvalue weighted by atomic mass is 10.2. The van der Waals surface area contributed by atoms with E-state index in [1.165, 1.54) is 4.31 Å². The van der Waals surface area contributed by atoms with E-state index in [9.17, 15) is 8.42 Å². The Hall–Kier alpha value is -0.910. The lowest BCUT2D eigenvalue weighted by Gasteiger charge is -2.22. The molecule has 4 nitrogen and oxygen atoms in total. The van der Waals surface area contributed by atoms with Gasteiger partial charge in [0.05, 0.1) is 11.5 Å². The Kier molecular flexibility index (Phi) is 6.65. The summed E-state index contributed by atoms with van der Waals surface area (Å²) >= 11 is 0. The molecule has 0 amide bonds. The molecule has 0 aliphatic rings. The van der Waals surface area contributed by atoms with Crippen molar-refractivity contribution >= 4 is 10.0 Å². The number of benzene rings is 1. The Balaban J connectivity index is 3.07. The minimum absolute atomic E-state index is 0.395. The fourth-order valence-electron chi connectivity index (χ4n) is 2.11. The predicted octanol–water partition coefficient (Wildman–Crippen LogP) is 2.74. The highest BCUT2D eigenvalue weighted by atomic mass is 32.2. The van der Waals surface area contributed by atoms with Crippen molar-refractivity contribution in [2.24, 2.45) is 0 Å². The third kappa shape index (κ3) is 4.30. The number of methoxy groups -OCH3 is 1. The maximum absolute atomic E-state index is 12.7. The number of nitrogens with zero attached hydrogens (tertiary/aromatic N) is 1. The summed E-state index contributed by atoms with van der Waals surface area (Å²) in [4.78, 5) is 0.398. The maximum Gasteiger partial charge on any atom is 0.243 e. The third-order valence-corrected chi connectivity index (χ3v) is 5.31. The topological polar surface area (TPSA) is 46.6 Å². The number of unbranched alkanes of at least 4 members (excludes halogenated alkanes) is 1. The highest BCUT2D eigenvalue weighted by molar-refractivity contribution is 7.89. The van der Waals surface area contributed by atoms with Crippen molar-refractivity contribution in [2.45, 2.75) is 38.5 Å². The second-order valence-corrected chi connectivity index (χ2v) is 6.93. The summed E-state index contributed by atoms with van der Waals surface area (Å²) in [5.41, 5.74) is 1.86. The van der Waals surface area contributed by atoms with E-state index in [1.54, 1.807) is 13.2 Å². The molecule has 0 atom stereocenters. The number of rotatable bonds is 8. The van der Waals surface area contributed by atoms with Gasteiger partial charge in [0, 0.05) is 20.2 Å². The largest absolute Gasteiger partial charge is 0.383 e. The van der Waals surface area contributed by atoms with Crippen LogP contribution < -0.4 is 0 Å². The smallest absolute Gasteiger partial charge is 0.243 e. The summed E-state index contributed by atoms with van der Waals surface area (Å²) < 4.78 is 32.0. The van der Waals surface area contributed by atoms with Crippen LogP contribution >= 0.6 is 0 Å². The van der Waals surface area contributed by atoms with Crippen LogP contribution in [0.15, 0.2) is 23.1 Å². The lowest BCUT2D eigenvalue weighted by Crippen LogP contribution is -2.35. The minimum Gasteiger partial charge on any atom is -0.383 e. The summed E-state index contributed by atoms with van der Waals surface area (Å²) in [5, 5.41) is 0. The Morgan fingerprint density at radius 1 is 1.20 bits per heavy atom. The molecule has 0 unspecified atom stereocenters. The number of hydrogen-bond donors (Lipinski definition) is 0. The minimum atomic E-state index is -3.44. The molecular weight excluding hydrogens is 274 g/mol. The Morgan fingerprint density at radius 3 is 2.45 bits per heavy atom. The molecule has 0 saturated carbocycles. The van der Waals surface area contributed by atoms with Crippen molar-refractivity contribution in [2.75, 3.05) is 26.8 Å². The number of hydrogen-bond acceptors (Lipinski definition) is 3. The van der Waals surface area contributed by atoms with Crippen molar-refractivity contribution in [3.05, 3.63) is 29.3 Å². The van der Waals surface area contributed by atoms with Crippen molar-refractivity contribution in [1.29, 1.82) is 0 Å². The van der Waals surface area contributed by atoms with Crippen LogP contribution in [0.5, 0.6) is 0 Å². The van der Waals surface area contributed by atoms with Gasteiger partial charge in [-0.1, -0.05) is 31.0 Å². The van der Waals surface area contributed by atoms with Crippen molar-refractivity contribution < 1.29 is 13.2 Å². The fraction of sp³-hybridized carbons (Fsp3) is 0.600. The summed E-state index contributed by atoms with van der Waals surface area (Å²) in [6.45, 7) is 7.20. The highest BCUT2D eigenvalue weighted by Gasteiger charge is 2.25. The highest BCUT2D eigenvalue weighted by Crippen LogP contribution is 2.21. The normalized spacial score (nSPS) is 12.1. The van der Waals surface area contributed by atoms with Crippen molar-refractivity contribution in [1.82, 2.24) is 4.31 Å². The molecule has 0 bridgehead atoms. The van der Waals surface area contributed by atoms with E-state index in [0.717, 1.165) is 24.0 Å². The molecule has 0 aliphatic heterocycles. The quantitative estimate of drug-likeness (QED) is 0.741. The van der Waals surface area contributed by atoms with Crippen LogP contribution in [0.3, 0.4) is 0 Å². The summed E-state index contributed by atoms with van der Waals surface area (Å²) in [6, 6.07) is 5.45. The second kappa shape index (κ2) is 7.76. The van der Waals surface area contributed by atoms with Gasteiger partial charge in [-0.3, -0.25) is 0 Å². The van der Waals surface area contributed by atoms with E-state index in [2.05, 4.69) is 6.92 Å². The maximum atomic E-state index is 12.7. The fourth-order valence-corrected chi connectivity index (χ4v) is 3.78. The van der Waals surface area contributed by atoms with Crippen LogP contribution in [-0.4, -0.2) is 39.5 Å². The number of ether oxygens (including phenoxy) is 1. The molecule has 0 aliphatic carbocycles. The van der Waals surface area contributed by atoms with Gasteiger partial charge >= 0.3 is 0 Å². The van der Waals surface area contributed by atoms with Crippen LogP contribution in [0.1, 0.15) is 30.9 Å². The first-order valence-electron chi connectivity index (χ1n) is 6.99. The first kappa shape index (κ1) is 17.1. The van der Waals surface area contributed by atoms with Gasteiger partial charge in [0.1, 0.15) is 0 Å². The molecule has 0 spiro atoms. The van der Waals surface area contributed by atoms with E-state index in [4.69, 9.17) is 4.74 Å². The average molecular weight is 299 g/mol. The van der Waals surface area contributed by atoms with Crippen molar-refractivity contribution in [3.63, 3.8) is 0 Å². The van der Waals surface area contributed by atoms with Gasteiger partial charge in [-0.05, 0) is 31.9 Å². The van der Waals surface area contributed by atoms with E-state index >= 15 is 0 Å². The second-order valence-electron chi connectivity index (χ2n) is 5.02. The molecule has 0 saturated heterocycles. The zero-order chi connectivity index (χ0) is 15.2. The SMILES string of the molecule is CCCCN(CCOC)S(=O)(=O)c1ccc(C)cc1C. The molecule has 5 heteroatoms. The van der Waals surface area contributed by atoms with Gasteiger partial charge in [0.25, 0.3) is 0 Å². The molecule has 0 aromatic heterocycles. The lowest BCUT2D eigenvalue weighted by molar-refractivity contribution is 0.178.